The highest BCUT2D eigenvalue weighted by Crippen LogP contribution is 2.73. The van der Waals surface area contributed by atoms with Gasteiger partial charge in [-0.15, -0.1) is 0 Å². The molecule has 1 aliphatic heterocycles. The number of esters is 2. The van der Waals surface area contributed by atoms with Crippen LogP contribution in [0.4, 0.5) is 0 Å². The van der Waals surface area contributed by atoms with Crippen molar-refractivity contribution in [2.45, 2.75) is 106 Å². The van der Waals surface area contributed by atoms with Gasteiger partial charge in [-0.25, -0.2) is 0 Å². The second-order valence-electron chi connectivity index (χ2n) is 13.7. The van der Waals surface area contributed by atoms with E-state index in [0.29, 0.717) is 30.8 Å². The molecule has 0 aromatic heterocycles. The van der Waals surface area contributed by atoms with Crippen molar-refractivity contribution >= 4 is 11.9 Å². The van der Waals surface area contributed by atoms with E-state index in [1.165, 1.54) is 24.5 Å². The van der Waals surface area contributed by atoms with Crippen LogP contribution in [0.25, 0.3) is 0 Å². The molecule has 7 atom stereocenters. The summed E-state index contributed by atoms with van der Waals surface area (Å²) in [7, 11) is 0. The summed E-state index contributed by atoms with van der Waals surface area (Å²) in [5.41, 5.74) is 2.55. The lowest BCUT2D eigenvalue weighted by atomic mass is 9.35. The van der Waals surface area contributed by atoms with E-state index >= 15 is 0 Å². The smallest absolute Gasteiger partial charge is 0.306 e. The predicted molar refractivity (Wildman–Crippen MR) is 144 cm³/mol. The summed E-state index contributed by atoms with van der Waals surface area (Å²) in [6.07, 6.45) is 15.9. The van der Waals surface area contributed by atoms with Gasteiger partial charge in [-0.1, -0.05) is 63.1 Å². The number of hydrogen-bond acceptors (Lipinski definition) is 4. The number of hydrogen-bond donors (Lipinski definition) is 0. The van der Waals surface area contributed by atoms with Crippen LogP contribution in [0, 0.1) is 39.4 Å². The summed E-state index contributed by atoms with van der Waals surface area (Å²) in [5.74, 6) is 1.17. The highest BCUT2D eigenvalue weighted by Gasteiger charge is 2.69. The summed E-state index contributed by atoms with van der Waals surface area (Å²) < 4.78 is 11.7. The average Bonchev–Trinajstić information content (AvgIpc) is 3.16. The van der Waals surface area contributed by atoms with Crippen molar-refractivity contribution < 1.29 is 19.1 Å². The molecule has 4 nitrogen and oxygen atoms in total. The van der Waals surface area contributed by atoms with Gasteiger partial charge < -0.3 is 9.47 Å². The summed E-state index contributed by atoms with van der Waals surface area (Å²) in [6.45, 7) is 18.1. The second kappa shape index (κ2) is 9.48. The second-order valence-corrected chi connectivity index (χ2v) is 13.7. The number of rotatable bonds is 4. The van der Waals surface area contributed by atoms with Gasteiger partial charge >= 0.3 is 11.9 Å². The van der Waals surface area contributed by atoms with E-state index in [2.05, 4.69) is 72.8 Å². The summed E-state index contributed by atoms with van der Waals surface area (Å²) >= 11 is 0. The Morgan fingerprint density at radius 3 is 2.31 bits per heavy atom. The van der Waals surface area contributed by atoms with Crippen LogP contribution in [-0.2, 0) is 19.1 Å². The molecule has 4 aliphatic rings. The van der Waals surface area contributed by atoms with Crippen molar-refractivity contribution in [1.29, 1.82) is 0 Å². The molecule has 200 valence electrons. The van der Waals surface area contributed by atoms with Crippen molar-refractivity contribution in [2.24, 2.45) is 39.4 Å². The molecule has 0 amide bonds. The number of carbonyl (C=O) groups excluding carboxylic acids is 2. The Morgan fingerprint density at radius 2 is 1.69 bits per heavy atom. The zero-order valence-electron chi connectivity index (χ0n) is 23.9. The van der Waals surface area contributed by atoms with Crippen LogP contribution >= 0.6 is 0 Å². The van der Waals surface area contributed by atoms with Crippen LogP contribution in [0.3, 0.4) is 0 Å². The van der Waals surface area contributed by atoms with Crippen LogP contribution in [0.15, 0.2) is 35.5 Å². The van der Waals surface area contributed by atoms with Crippen molar-refractivity contribution in [1.82, 2.24) is 0 Å². The first-order chi connectivity index (χ1) is 16.8. The maximum absolute atomic E-state index is 12.7. The fraction of sp³-hybridized carbons (Fsp3) is 0.750. The van der Waals surface area contributed by atoms with Gasteiger partial charge in [0.1, 0.15) is 6.10 Å². The van der Waals surface area contributed by atoms with Crippen molar-refractivity contribution in [3.8, 4) is 0 Å². The standard InChI is InChI=1S/C32H48O4/c1-21(2)10-9-11-22(3)18-24-12-13-26-30(7)16-15-27(36-23(4)33)29(5,6)25(30)14-17-31(26,8)32(24)19-28(34)35-20-32/h9-11,18,24-27H,12-17,19-20H2,1-8H3. The minimum absolute atomic E-state index is 0.0164. The molecular formula is C32H48O4. The molecule has 1 spiro atoms. The van der Waals surface area contributed by atoms with Crippen LogP contribution in [-0.4, -0.2) is 24.6 Å². The first-order valence-corrected chi connectivity index (χ1v) is 14.1. The molecule has 0 N–H and O–H groups in total. The van der Waals surface area contributed by atoms with Crippen LogP contribution in [0.1, 0.15) is 100 Å². The third kappa shape index (κ3) is 4.31. The minimum Gasteiger partial charge on any atom is -0.465 e. The average molecular weight is 497 g/mol. The fourth-order valence-corrected chi connectivity index (χ4v) is 9.41. The molecule has 4 rings (SSSR count). The van der Waals surface area contributed by atoms with Crippen molar-refractivity contribution in [3.05, 3.63) is 35.5 Å². The van der Waals surface area contributed by atoms with Gasteiger partial charge in [0.15, 0.2) is 0 Å². The van der Waals surface area contributed by atoms with E-state index in [0.717, 1.165) is 32.1 Å². The lowest BCUT2D eigenvalue weighted by Gasteiger charge is -2.69. The summed E-state index contributed by atoms with van der Waals surface area (Å²) in [6, 6.07) is 0. The predicted octanol–water partition coefficient (Wildman–Crippen LogP) is 7.59. The maximum Gasteiger partial charge on any atom is 0.306 e. The Kier molecular flexibility index (Phi) is 7.16. The molecular weight excluding hydrogens is 448 g/mol. The Balaban J connectivity index is 1.70. The first-order valence-electron chi connectivity index (χ1n) is 14.1. The lowest BCUT2D eigenvalue weighted by molar-refractivity contribution is -0.227. The highest BCUT2D eigenvalue weighted by molar-refractivity contribution is 5.73. The molecule has 0 aromatic carbocycles. The summed E-state index contributed by atoms with van der Waals surface area (Å²) in [5, 5.41) is 0. The Bertz CT molecular complexity index is 982. The third-order valence-electron chi connectivity index (χ3n) is 11.1. The van der Waals surface area contributed by atoms with Crippen LogP contribution in [0.5, 0.6) is 0 Å². The van der Waals surface area contributed by atoms with E-state index in [4.69, 9.17) is 9.47 Å². The van der Waals surface area contributed by atoms with Crippen molar-refractivity contribution in [3.63, 3.8) is 0 Å². The first kappa shape index (κ1) is 27.2. The van der Waals surface area contributed by atoms with Crippen molar-refractivity contribution in [2.75, 3.05) is 6.61 Å². The van der Waals surface area contributed by atoms with Gasteiger partial charge in [0, 0.05) is 17.8 Å². The number of cyclic esters (lactones) is 1. The van der Waals surface area contributed by atoms with Gasteiger partial charge in [-0.05, 0) is 87.9 Å². The zero-order valence-corrected chi connectivity index (χ0v) is 23.9. The topological polar surface area (TPSA) is 52.6 Å². The van der Waals surface area contributed by atoms with Gasteiger partial charge in [-0.3, -0.25) is 9.59 Å². The quantitative estimate of drug-likeness (QED) is 0.297. The third-order valence-corrected chi connectivity index (χ3v) is 11.1. The number of fused-ring (bicyclic) bond motifs is 4. The van der Waals surface area contributed by atoms with Crippen LogP contribution < -0.4 is 0 Å². The zero-order chi connectivity index (χ0) is 26.5. The largest absolute Gasteiger partial charge is 0.465 e. The minimum atomic E-state index is -0.167. The van der Waals surface area contributed by atoms with Gasteiger partial charge in [-0.2, -0.15) is 0 Å². The Labute approximate surface area is 219 Å². The Hall–Kier alpha value is -1.84. The number of carbonyl (C=O) groups is 2. The maximum atomic E-state index is 12.7. The molecule has 7 unspecified atom stereocenters. The summed E-state index contributed by atoms with van der Waals surface area (Å²) in [4.78, 5) is 24.6. The molecule has 0 bridgehead atoms. The van der Waals surface area contributed by atoms with E-state index < -0.39 is 0 Å². The van der Waals surface area contributed by atoms with E-state index in [-0.39, 0.29) is 39.7 Å². The fourth-order valence-electron chi connectivity index (χ4n) is 9.41. The van der Waals surface area contributed by atoms with E-state index in [1.807, 2.05) is 0 Å². The van der Waals surface area contributed by atoms with Crippen LogP contribution in [0.2, 0.25) is 0 Å². The molecule has 1 heterocycles. The molecule has 3 saturated carbocycles. The molecule has 1 saturated heterocycles. The Morgan fingerprint density at radius 1 is 0.972 bits per heavy atom. The van der Waals surface area contributed by atoms with Gasteiger partial charge in [0.2, 0.25) is 0 Å². The monoisotopic (exact) mass is 496 g/mol. The number of ether oxygens (including phenoxy) is 2. The van der Waals surface area contributed by atoms with E-state index in [9.17, 15) is 9.59 Å². The SMILES string of the molecule is CC(=O)OC1CCC2(C)C(CCC3(C)C2CCC(C=C(C)C=CC=C(C)C)C32COC(=O)C2)C1(C)C. The lowest BCUT2D eigenvalue weighted by Crippen LogP contribution is -2.65. The van der Waals surface area contributed by atoms with Gasteiger partial charge in [0.25, 0.3) is 0 Å². The molecule has 4 heteroatoms. The number of allylic oxidation sites excluding steroid dienone is 6. The molecule has 0 radical (unpaired) electrons. The van der Waals surface area contributed by atoms with E-state index in [1.54, 1.807) is 0 Å². The molecule has 0 aromatic rings. The highest BCUT2D eigenvalue weighted by atomic mass is 16.5. The molecule has 36 heavy (non-hydrogen) atoms. The molecule has 4 fully saturated rings. The normalized spacial score (nSPS) is 42.0. The van der Waals surface area contributed by atoms with Gasteiger partial charge in [0.05, 0.1) is 13.0 Å². The molecule has 3 aliphatic carbocycles.